The number of esters is 2. The summed E-state index contributed by atoms with van der Waals surface area (Å²) in [6, 6.07) is 0. The molecule has 0 aromatic carbocycles. The predicted octanol–water partition coefficient (Wildman–Crippen LogP) is 4.28. The first-order valence-electron chi connectivity index (χ1n) is 8.38. The molecule has 0 saturated heterocycles. The van der Waals surface area contributed by atoms with Gasteiger partial charge in [-0.15, -0.1) is 0 Å². The Hall–Kier alpha value is 0.840. The van der Waals surface area contributed by atoms with Crippen LogP contribution in [0.15, 0.2) is 0 Å². The summed E-state index contributed by atoms with van der Waals surface area (Å²) in [5.41, 5.74) is -2.65. The van der Waals surface area contributed by atoms with E-state index in [4.69, 9.17) is 65.1 Å². The molecule has 0 rings (SSSR count). The number of aliphatic hydroxyl groups is 1. The lowest BCUT2D eigenvalue weighted by Gasteiger charge is -2.24. The molecular weight excluding hydrogens is 561 g/mol. The van der Waals surface area contributed by atoms with E-state index in [0.29, 0.717) is 0 Å². The SMILES string of the molecule is CCOC(=O)CC(SP(=S)(OC)OC)C(=O)OCC.COP(=O)(OC)C(O)C(Cl)(Cl)Cl. The van der Waals surface area contributed by atoms with Gasteiger partial charge in [-0.25, -0.2) is 0 Å². The lowest BCUT2D eigenvalue weighted by molar-refractivity contribution is -0.149. The van der Waals surface area contributed by atoms with Crippen molar-refractivity contribution in [3.05, 3.63) is 0 Å². The second kappa shape index (κ2) is 16.5. The van der Waals surface area contributed by atoms with Gasteiger partial charge < -0.3 is 32.7 Å². The van der Waals surface area contributed by atoms with Crippen molar-refractivity contribution < 1.29 is 46.8 Å². The molecule has 0 heterocycles. The first-order valence-corrected chi connectivity index (χ1v) is 15.2. The van der Waals surface area contributed by atoms with E-state index in [0.717, 1.165) is 25.6 Å². The minimum Gasteiger partial charge on any atom is -0.466 e. The van der Waals surface area contributed by atoms with Crippen LogP contribution >= 0.6 is 59.5 Å². The quantitative estimate of drug-likeness (QED) is 0.199. The predicted molar refractivity (Wildman–Crippen MR) is 125 cm³/mol. The normalized spacial score (nSPS) is 14.1. The minimum absolute atomic E-state index is 0.123. The van der Waals surface area contributed by atoms with Gasteiger partial charge in [0.05, 0.1) is 19.6 Å². The van der Waals surface area contributed by atoms with Crippen molar-refractivity contribution in [1.82, 2.24) is 0 Å². The summed E-state index contributed by atoms with van der Waals surface area (Å²) in [6.07, 6.45) is -0.123. The van der Waals surface area contributed by atoms with Gasteiger partial charge in [0, 0.05) is 28.4 Å². The maximum atomic E-state index is 11.8. The van der Waals surface area contributed by atoms with E-state index in [1.165, 1.54) is 14.2 Å². The van der Waals surface area contributed by atoms with Gasteiger partial charge in [-0.3, -0.25) is 14.2 Å². The fraction of sp³-hybridized carbons (Fsp3) is 0.857. The lowest BCUT2D eigenvalue weighted by Crippen LogP contribution is -2.26. The molecule has 0 aromatic heterocycles. The van der Waals surface area contributed by atoms with Crippen molar-refractivity contribution in [2.45, 2.75) is 35.2 Å². The van der Waals surface area contributed by atoms with Gasteiger partial charge in [0.2, 0.25) is 15.3 Å². The molecule has 10 nitrogen and oxygen atoms in total. The standard InChI is InChI=1S/C10H19O6PS2.C4H8Cl3O4P/c1-5-15-9(11)7-8(10(12)16-6-2)19-17(18,13-3)14-4;1-10-12(9,11-2)3(8)4(5,6)7/h8H,5-7H2,1-4H3;3,8H,1-2H3. The maximum Gasteiger partial charge on any atom is 0.362 e. The Labute approximate surface area is 206 Å². The van der Waals surface area contributed by atoms with Gasteiger partial charge in [-0.05, 0) is 25.7 Å². The molecule has 186 valence electrons. The van der Waals surface area contributed by atoms with E-state index in [1.54, 1.807) is 13.8 Å². The highest BCUT2D eigenvalue weighted by atomic mass is 35.6. The molecule has 0 aliphatic heterocycles. The number of alkyl halides is 3. The van der Waals surface area contributed by atoms with E-state index in [2.05, 4.69) is 9.05 Å². The largest absolute Gasteiger partial charge is 0.466 e. The highest BCUT2D eigenvalue weighted by molar-refractivity contribution is 8.68. The zero-order valence-corrected chi connectivity index (χ0v) is 23.4. The summed E-state index contributed by atoms with van der Waals surface area (Å²) in [7, 11) is 1.25. The average molecular weight is 588 g/mol. The van der Waals surface area contributed by atoms with Crippen LogP contribution in [-0.4, -0.2) is 73.6 Å². The summed E-state index contributed by atoms with van der Waals surface area (Å²) in [5, 5.41) is 8.41. The molecule has 0 spiro atoms. The number of carbonyl (C=O) groups excluding carboxylic acids is 2. The van der Waals surface area contributed by atoms with Crippen molar-refractivity contribution in [3.63, 3.8) is 0 Å². The first-order chi connectivity index (χ1) is 14.2. The maximum absolute atomic E-state index is 11.8. The van der Waals surface area contributed by atoms with Crippen LogP contribution in [0, 0.1) is 0 Å². The zero-order valence-electron chi connectivity index (χ0n) is 17.7. The van der Waals surface area contributed by atoms with E-state index < -0.39 is 40.1 Å². The Morgan fingerprint density at radius 1 is 1.00 bits per heavy atom. The van der Waals surface area contributed by atoms with Gasteiger partial charge in [-0.1, -0.05) is 46.2 Å². The summed E-state index contributed by atoms with van der Waals surface area (Å²) in [5.74, 6) is -2.81. The number of hydrogen-bond acceptors (Lipinski definition) is 12. The Morgan fingerprint density at radius 2 is 1.45 bits per heavy atom. The summed E-state index contributed by atoms with van der Waals surface area (Å²) in [4.78, 5) is 23.3. The third kappa shape index (κ3) is 13.3. The summed E-state index contributed by atoms with van der Waals surface area (Å²) in [6.45, 7) is 3.86. The molecule has 0 bridgehead atoms. The lowest BCUT2D eigenvalue weighted by atomic mass is 10.3. The van der Waals surface area contributed by atoms with E-state index in [-0.39, 0.29) is 19.6 Å². The monoisotopic (exact) mass is 586 g/mol. The molecule has 1 N–H and O–H groups in total. The molecule has 31 heavy (non-hydrogen) atoms. The summed E-state index contributed by atoms with van der Waals surface area (Å²) < 4.78 is 38.0. The van der Waals surface area contributed by atoms with Crippen molar-refractivity contribution >= 4 is 83.2 Å². The van der Waals surface area contributed by atoms with E-state index >= 15 is 0 Å². The van der Waals surface area contributed by atoms with Gasteiger partial charge in [0.1, 0.15) is 5.25 Å². The Bertz CT molecular complexity index is 634. The number of aliphatic hydroxyl groups excluding tert-OH is 1. The van der Waals surface area contributed by atoms with Crippen LogP contribution in [0.5, 0.6) is 0 Å². The first kappa shape index (κ1) is 34.0. The Kier molecular flexibility index (Phi) is 18.1. The van der Waals surface area contributed by atoms with Crippen LogP contribution in [0.1, 0.15) is 20.3 Å². The van der Waals surface area contributed by atoms with Gasteiger partial charge >= 0.3 is 19.5 Å². The molecule has 0 saturated carbocycles. The number of carbonyl (C=O) groups is 2. The van der Waals surface area contributed by atoms with Gasteiger partial charge in [0.25, 0.3) is 0 Å². The second-order valence-electron chi connectivity index (χ2n) is 4.99. The van der Waals surface area contributed by atoms with Crippen LogP contribution in [-0.2, 0) is 53.5 Å². The van der Waals surface area contributed by atoms with Crippen LogP contribution in [0.2, 0.25) is 0 Å². The minimum atomic E-state index is -3.73. The molecule has 0 radical (unpaired) electrons. The van der Waals surface area contributed by atoms with Crippen LogP contribution in [0.25, 0.3) is 0 Å². The molecule has 2 unspecified atom stereocenters. The zero-order chi connectivity index (χ0) is 24.9. The fourth-order valence-electron chi connectivity index (χ4n) is 1.54. The highest BCUT2D eigenvalue weighted by Gasteiger charge is 2.46. The molecule has 0 amide bonds. The van der Waals surface area contributed by atoms with Crippen LogP contribution in [0.4, 0.5) is 0 Å². The van der Waals surface area contributed by atoms with E-state index in [1.807, 2.05) is 0 Å². The molecule has 17 heteroatoms. The molecule has 0 aliphatic rings. The Balaban J connectivity index is 0. The number of ether oxygens (including phenoxy) is 2. The third-order valence-corrected chi connectivity index (χ3v) is 12.0. The van der Waals surface area contributed by atoms with Crippen LogP contribution < -0.4 is 0 Å². The van der Waals surface area contributed by atoms with Crippen molar-refractivity contribution in [1.29, 1.82) is 0 Å². The smallest absolute Gasteiger partial charge is 0.362 e. The van der Waals surface area contributed by atoms with Crippen LogP contribution in [0.3, 0.4) is 0 Å². The molecule has 0 aliphatic carbocycles. The van der Waals surface area contributed by atoms with E-state index in [9.17, 15) is 19.3 Å². The van der Waals surface area contributed by atoms with Crippen molar-refractivity contribution in [2.75, 3.05) is 41.7 Å². The molecule has 2 atom stereocenters. The molecule has 0 aromatic rings. The van der Waals surface area contributed by atoms with Gasteiger partial charge in [-0.2, -0.15) is 0 Å². The fourth-order valence-corrected chi connectivity index (χ4v) is 7.39. The third-order valence-electron chi connectivity index (χ3n) is 3.01. The number of rotatable bonds is 12. The second-order valence-corrected chi connectivity index (χ2v) is 16.3. The van der Waals surface area contributed by atoms with Crippen molar-refractivity contribution in [2.24, 2.45) is 0 Å². The number of hydrogen-bond donors (Lipinski definition) is 1. The molecular formula is C14H27Cl3O10P2S2. The van der Waals surface area contributed by atoms with Gasteiger partial charge in [0.15, 0.2) is 0 Å². The molecule has 0 fully saturated rings. The number of halogens is 3. The Morgan fingerprint density at radius 3 is 1.74 bits per heavy atom. The van der Waals surface area contributed by atoms with Crippen molar-refractivity contribution in [3.8, 4) is 0 Å². The highest BCUT2D eigenvalue weighted by Crippen LogP contribution is 2.62. The topological polar surface area (TPSA) is 127 Å². The average Bonchev–Trinajstić information content (AvgIpc) is 2.72. The summed E-state index contributed by atoms with van der Waals surface area (Å²) >= 11 is 22.0.